The van der Waals surface area contributed by atoms with Crippen molar-refractivity contribution in [3.63, 3.8) is 0 Å². The van der Waals surface area contributed by atoms with Gasteiger partial charge >= 0.3 is 5.97 Å². The summed E-state index contributed by atoms with van der Waals surface area (Å²) in [6.07, 6.45) is 0.157. The van der Waals surface area contributed by atoms with Crippen LogP contribution in [0.3, 0.4) is 0 Å². The monoisotopic (exact) mass is 418 g/mol. The van der Waals surface area contributed by atoms with Crippen LogP contribution in [0.2, 0.25) is 0 Å². The second kappa shape index (κ2) is 9.73. The molecule has 0 spiro atoms. The molecule has 1 heterocycles. The second-order valence-electron chi connectivity index (χ2n) is 7.68. The minimum atomic E-state index is -0.314. The van der Waals surface area contributed by atoms with Crippen molar-refractivity contribution in [2.45, 2.75) is 19.9 Å². The van der Waals surface area contributed by atoms with Gasteiger partial charge < -0.3 is 14.8 Å². The number of anilines is 1. The number of carbonyl (C=O) groups is 2. The molecule has 160 valence electrons. The largest absolute Gasteiger partial charge is 0.426 e. The Kier molecular flexibility index (Phi) is 6.60. The topological polar surface area (TPSA) is 67.9 Å². The Morgan fingerprint density at radius 3 is 2.48 bits per heavy atom. The fourth-order valence-electron chi connectivity index (χ4n) is 3.79. The van der Waals surface area contributed by atoms with Gasteiger partial charge in [0.05, 0.1) is 19.6 Å². The molecule has 0 aromatic heterocycles. The molecule has 6 nitrogen and oxygen atoms in total. The lowest BCUT2D eigenvalue weighted by Crippen LogP contribution is -2.35. The van der Waals surface area contributed by atoms with Crippen molar-refractivity contribution in [2.24, 2.45) is 0 Å². The molecular formula is C25H26N2O4. The molecule has 31 heavy (non-hydrogen) atoms. The molecule has 1 amide bonds. The molecule has 3 aromatic carbocycles. The smallest absolute Gasteiger partial charge is 0.315 e. The van der Waals surface area contributed by atoms with E-state index < -0.39 is 0 Å². The molecule has 0 radical (unpaired) electrons. The van der Waals surface area contributed by atoms with Crippen molar-refractivity contribution >= 4 is 28.3 Å². The third-order valence-corrected chi connectivity index (χ3v) is 5.33. The molecule has 0 aliphatic carbocycles. The van der Waals surface area contributed by atoms with Crippen LogP contribution in [0.25, 0.3) is 10.8 Å². The average Bonchev–Trinajstić information content (AvgIpc) is 2.77. The first-order chi connectivity index (χ1) is 15.1. The molecule has 0 unspecified atom stereocenters. The van der Waals surface area contributed by atoms with Crippen molar-refractivity contribution in [3.05, 3.63) is 71.8 Å². The highest BCUT2D eigenvalue weighted by Gasteiger charge is 2.18. The minimum absolute atomic E-state index is 0.128. The Morgan fingerprint density at radius 2 is 1.74 bits per heavy atom. The Labute approximate surface area is 181 Å². The Morgan fingerprint density at radius 1 is 1.00 bits per heavy atom. The lowest BCUT2D eigenvalue weighted by atomic mass is 10.0. The van der Waals surface area contributed by atoms with Crippen LogP contribution in [0.5, 0.6) is 5.75 Å². The van der Waals surface area contributed by atoms with E-state index in [2.05, 4.69) is 22.3 Å². The number of nitrogens with zero attached hydrogens (tertiary/aromatic N) is 1. The zero-order valence-electron chi connectivity index (χ0n) is 17.6. The van der Waals surface area contributed by atoms with Crippen LogP contribution in [0.1, 0.15) is 18.1 Å². The number of benzene rings is 3. The van der Waals surface area contributed by atoms with Gasteiger partial charge in [0, 0.05) is 37.8 Å². The summed E-state index contributed by atoms with van der Waals surface area (Å²) in [6, 6.07) is 19.2. The molecule has 0 saturated carbocycles. The SMILES string of the molecule is CC(=O)Nc1ccc(CC(=O)Oc2ccc3ccccc3c2CN2CCOCC2)cc1. The third-order valence-electron chi connectivity index (χ3n) is 5.33. The summed E-state index contributed by atoms with van der Waals surface area (Å²) < 4.78 is 11.3. The number of esters is 1. The number of morpholine rings is 1. The second-order valence-corrected chi connectivity index (χ2v) is 7.68. The van der Waals surface area contributed by atoms with E-state index in [1.54, 1.807) is 12.1 Å². The van der Waals surface area contributed by atoms with Gasteiger partial charge in [-0.05, 0) is 34.5 Å². The van der Waals surface area contributed by atoms with Crippen LogP contribution in [-0.2, 0) is 27.3 Å². The zero-order valence-corrected chi connectivity index (χ0v) is 17.6. The highest BCUT2D eigenvalue weighted by molar-refractivity contribution is 5.89. The van der Waals surface area contributed by atoms with Crippen LogP contribution in [0.4, 0.5) is 5.69 Å². The molecule has 0 bridgehead atoms. The molecular weight excluding hydrogens is 392 g/mol. The standard InChI is InChI=1S/C25H26N2O4/c1-18(28)26-21-9-6-19(7-10-21)16-25(29)31-24-11-8-20-4-2-3-5-22(20)23(24)17-27-12-14-30-15-13-27/h2-11H,12-17H2,1H3,(H,26,28). The molecule has 0 atom stereocenters. The van der Waals surface area contributed by atoms with Gasteiger partial charge in [0.15, 0.2) is 0 Å². The maximum absolute atomic E-state index is 12.7. The van der Waals surface area contributed by atoms with Crippen molar-refractivity contribution in [1.82, 2.24) is 4.90 Å². The highest BCUT2D eigenvalue weighted by atomic mass is 16.5. The maximum atomic E-state index is 12.7. The molecule has 1 N–H and O–H groups in total. The van der Waals surface area contributed by atoms with E-state index in [4.69, 9.17) is 9.47 Å². The van der Waals surface area contributed by atoms with E-state index in [1.165, 1.54) is 6.92 Å². The zero-order chi connectivity index (χ0) is 21.6. The van der Waals surface area contributed by atoms with Crippen molar-refractivity contribution in [1.29, 1.82) is 0 Å². The number of amides is 1. The number of rotatable bonds is 6. The van der Waals surface area contributed by atoms with Crippen LogP contribution in [0, 0.1) is 0 Å². The predicted molar refractivity (Wildman–Crippen MR) is 120 cm³/mol. The number of nitrogens with one attached hydrogen (secondary N) is 1. The van der Waals surface area contributed by atoms with Gasteiger partial charge in [0.25, 0.3) is 0 Å². The summed E-state index contributed by atoms with van der Waals surface area (Å²) in [5.41, 5.74) is 2.55. The van der Waals surface area contributed by atoms with Crippen molar-refractivity contribution in [3.8, 4) is 5.75 Å². The fraction of sp³-hybridized carbons (Fsp3) is 0.280. The number of ether oxygens (including phenoxy) is 2. The summed E-state index contributed by atoms with van der Waals surface area (Å²) in [6.45, 7) is 5.32. The lowest BCUT2D eigenvalue weighted by molar-refractivity contribution is -0.133. The van der Waals surface area contributed by atoms with Gasteiger partial charge in [-0.3, -0.25) is 14.5 Å². The van der Waals surface area contributed by atoms with Crippen molar-refractivity contribution in [2.75, 3.05) is 31.6 Å². The molecule has 6 heteroatoms. The lowest BCUT2D eigenvalue weighted by Gasteiger charge is -2.27. The molecule has 3 aromatic rings. The third kappa shape index (κ3) is 5.48. The number of fused-ring (bicyclic) bond motifs is 1. The molecule has 1 aliphatic rings. The predicted octanol–water partition coefficient (Wildman–Crippen LogP) is 3.78. The average molecular weight is 418 g/mol. The summed E-state index contributed by atoms with van der Waals surface area (Å²) >= 11 is 0. The molecule has 1 saturated heterocycles. The van der Waals surface area contributed by atoms with E-state index in [-0.39, 0.29) is 18.3 Å². The maximum Gasteiger partial charge on any atom is 0.315 e. The first-order valence-corrected chi connectivity index (χ1v) is 10.5. The highest BCUT2D eigenvalue weighted by Crippen LogP contribution is 2.30. The van der Waals surface area contributed by atoms with Gasteiger partial charge in [-0.15, -0.1) is 0 Å². The van der Waals surface area contributed by atoms with Crippen LogP contribution in [-0.4, -0.2) is 43.1 Å². The van der Waals surface area contributed by atoms with Crippen molar-refractivity contribution < 1.29 is 19.1 Å². The van der Waals surface area contributed by atoms with E-state index in [0.717, 1.165) is 35.0 Å². The number of hydrogen-bond donors (Lipinski definition) is 1. The first kappa shape index (κ1) is 21.0. The summed E-state index contributed by atoms with van der Waals surface area (Å²) in [4.78, 5) is 26.2. The summed E-state index contributed by atoms with van der Waals surface area (Å²) in [5, 5.41) is 4.94. The van der Waals surface area contributed by atoms with E-state index in [1.807, 2.05) is 36.4 Å². The van der Waals surface area contributed by atoms with Gasteiger partial charge in [0.2, 0.25) is 5.91 Å². The van der Waals surface area contributed by atoms with Gasteiger partial charge in [-0.25, -0.2) is 0 Å². The Bertz CT molecular complexity index is 1070. The Hall–Kier alpha value is -3.22. The molecule has 1 fully saturated rings. The van der Waals surface area contributed by atoms with Gasteiger partial charge in [-0.1, -0.05) is 42.5 Å². The Balaban J connectivity index is 1.52. The van der Waals surface area contributed by atoms with Crippen LogP contribution >= 0.6 is 0 Å². The number of hydrogen-bond acceptors (Lipinski definition) is 5. The fourth-order valence-corrected chi connectivity index (χ4v) is 3.79. The summed E-state index contributed by atoms with van der Waals surface area (Å²) in [7, 11) is 0. The quantitative estimate of drug-likeness (QED) is 0.487. The van der Waals surface area contributed by atoms with E-state index in [9.17, 15) is 9.59 Å². The normalized spacial score (nSPS) is 14.4. The van der Waals surface area contributed by atoms with E-state index in [0.29, 0.717) is 31.2 Å². The van der Waals surface area contributed by atoms with Gasteiger partial charge in [-0.2, -0.15) is 0 Å². The summed E-state index contributed by atoms with van der Waals surface area (Å²) in [5.74, 6) is 0.159. The first-order valence-electron chi connectivity index (χ1n) is 10.5. The van der Waals surface area contributed by atoms with Crippen LogP contribution < -0.4 is 10.1 Å². The molecule has 1 aliphatic heterocycles. The number of carbonyl (C=O) groups excluding carboxylic acids is 2. The minimum Gasteiger partial charge on any atom is -0.426 e. The van der Waals surface area contributed by atoms with Gasteiger partial charge in [0.1, 0.15) is 5.75 Å². The van der Waals surface area contributed by atoms with E-state index >= 15 is 0 Å². The van der Waals surface area contributed by atoms with Crippen LogP contribution in [0.15, 0.2) is 60.7 Å². The molecule has 4 rings (SSSR count).